The molecule has 1 aromatic heterocycles. The summed E-state index contributed by atoms with van der Waals surface area (Å²) < 4.78 is 13.6. The van der Waals surface area contributed by atoms with Gasteiger partial charge in [-0.3, -0.25) is 5.43 Å². The molecule has 98 valence electrons. The molecule has 0 bridgehead atoms. The largest absolute Gasteiger partial charge is 0.350 e. The molecule has 2 aromatic rings. The van der Waals surface area contributed by atoms with E-state index in [-0.39, 0.29) is 16.7 Å². The number of anilines is 2. The summed E-state index contributed by atoms with van der Waals surface area (Å²) in [4.78, 5) is 15.3. The molecule has 19 heavy (non-hydrogen) atoms. The van der Waals surface area contributed by atoms with Crippen LogP contribution in [0.2, 0.25) is 5.15 Å². The van der Waals surface area contributed by atoms with Crippen molar-refractivity contribution in [2.24, 2.45) is 5.73 Å². The maximum Gasteiger partial charge on any atom is 0.338 e. The number of pyridine rings is 1. The third-order valence-electron chi connectivity index (χ3n) is 2.26. The highest BCUT2D eigenvalue weighted by Crippen LogP contribution is 2.19. The van der Waals surface area contributed by atoms with E-state index >= 15 is 0 Å². The monoisotopic (exact) mass is 280 g/mol. The smallest absolute Gasteiger partial charge is 0.338 e. The average molecular weight is 281 g/mol. The van der Waals surface area contributed by atoms with Gasteiger partial charge in [0.25, 0.3) is 0 Å². The minimum atomic E-state index is -0.869. The molecule has 0 fully saturated rings. The van der Waals surface area contributed by atoms with E-state index in [1.165, 1.54) is 18.2 Å². The van der Waals surface area contributed by atoms with E-state index in [1.54, 1.807) is 24.3 Å². The van der Waals surface area contributed by atoms with E-state index in [0.717, 1.165) is 5.01 Å². The number of hydrogen-bond acceptors (Lipinski definition) is 3. The van der Waals surface area contributed by atoms with Crippen LogP contribution in [0.3, 0.4) is 0 Å². The highest BCUT2D eigenvalue weighted by atomic mass is 35.5. The molecule has 1 aromatic carbocycles. The van der Waals surface area contributed by atoms with Gasteiger partial charge in [0.1, 0.15) is 22.5 Å². The SMILES string of the molecule is NC(=O)N(Nc1cccc(Cl)n1)c1ccccc1F. The molecule has 3 N–H and O–H groups in total. The number of hydrogen-bond donors (Lipinski definition) is 2. The molecule has 7 heteroatoms. The van der Waals surface area contributed by atoms with Crippen LogP contribution in [0.1, 0.15) is 0 Å². The van der Waals surface area contributed by atoms with Gasteiger partial charge in [-0.2, -0.15) is 0 Å². The Bertz CT molecular complexity index is 608. The molecule has 2 rings (SSSR count). The van der Waals surface area contributed by atoms with E-state index in [0.29, 0.717) is 0 Å². The van der Waals surface area contributed by atoms with Crippen molar-refractivity contribution in [1.82, 2.24) is 4.98 Å². The van der Waals surface area contributed by atoms with E-state index < -0.39 is 11.8 Å². The van der Waals surface area contributed by atoms with Crippen molar-refractivity contribution in [2.45, 2.75) is 0 Å². The molecule has 0 aliphatic heterocycles. The van der Waals surface area contributed by atoms with E-state index in [4.69, 9.17) is 17.3 Å². The van der Waals surface area contributed by atoms with E-state index in [9.17, 15) is 9.18 Å². The van der Waals surface area contributed by atoms with Crippen LogP contribution in [0.15, 0.2) is 42.5 Å². The van der Waals surface area contributed by atoms with Crippen molar-refractivity contribution in [2.75, 3.05) is 10.4 Å². The maximum atomic E-state index is 13.6. The molecule has 0 radical (unpaired) electrons. The highest BCUT2D eigenvalue weighted by molar-refractivity contribution is 6.29. The Kier molecular flexibility index (Phi) is 3.82. The molecule has 2 amide bonds. The first-order chi connectivity index (χ1) is 9.08. The summed E-state index contributed by atoms with van der Waals surface area (Å²) in [5.41, 5.74) is 7.82. The molecule has 0 spiro atoms. The molecular formula is C12H10ClFN4O. The number of nitrogens with zero attached hydrogens (tertiary/aromatic N) is 2. The molecule has 0 saturated heterocycles. The lowest BCUT2D eigenvalue weighted by Gasteiger charge is -2.22. The second-order valence-electron chi connectivity index (χ2n) is 3.58. The van der Waals surface area contributed by atoms with Crippen LogP contribution < -0.4 is 16.2 Å². The van der Waals surface area contributed by atoms with Crippen LogP contribution >= 0.6 is 11.6 Å². The summed E-state index contributed by atoms with van der Waals surface area (Å²) in [6, 6.07) is 9.64. The Morgan fingerprint density at radius 2 is 2.00 bits per heavy atom. The van der Waals surface area contributed by atoms with Crippen LogP contribution in [-0.4, -0.2) is 11.0 Å². The highest BCUT2D eigenvalue weighted by Gasteiger charge is 2.16. The second kappa shape index (κ2) is 5.53. The fourth-order valence-electron chi connectivity index (χ4n) is 1.45. The Labute approximate surface area is 113 Å². The Morgan fingerprint density at radius 1 is 1.26 bits per heavy atom. The van der Waals surface area contributed by atoms with Crippen molar-refractivity contribution >= 4 is 29.1 Å². The fourth-order valence-corrected chi connectivity index (χ4v) is 1.62. The number of nitrogens with one attached hydrogen (secondary N) is 1. The first-order valence-corrected chi connectivity index (χ1v) is 5.69. The number of aromatic nitrogens is 1. The minimum absolute atomic E-state index is 0.00299. The number of hydrazine groups is 1. The van der Waals surface area contributed by atoms with Gasteiger partial charge in [0.15, 0.2) is 0 Å². The standard InChI is InChI=1S/C12H10ClFN4O/c13-10-6-3-7-11(16-10)17-18(12(15)19)9-5-2-1-4-8(9)14/h1-7H,(H2,15,19)(H,16,17). The normalized spacial score (nSPS) is 10.0. The zero-order chi connectivity index (χ0) is 13.8. The molecule has 0 saturated carbocycles. The van der Waals surface area contributed by atoms with Crippen molar-refractivity contribution in [3.63, 3.8) is 0 Å². The van der Waals surface area contributed by atoms with Crippen LogP contribution in [0, 0.1) is 5.82 Å². The number of primary amides is 1. The molecule has 1 heterocycles. The summed E-state index contributed by atoms with van der Waals surface area (Å²) in [6.07, 6.45) is 0. The van der Waals surface area contributed by atoms with E-state index in [1.807, 2.05) is 0 Å². The lowest BCUT2D eigenvalue weighted by Crippen LogP contribution is -2.41. The second-order valence-corrected chi connectivity index (χ2v) is 3.97. The van der Waals surface area contributed by atoms with Gasteiger partial charge in [0, 0.05) is 0 Å². The fraction of sp³-hybridized carbons (Fsp3) is 0. The quantitative estimate of drug-likeness (QED) is 0.671. The van der Waals surface area contributed by atoms with Gasteiger partial charge in [-0.1, -0.05) is 29.8 Å². The van der Waals surface area contributed by atoms with Crippen LogP contribution in [0.25, 0.3) is 0 Å². The van der Waals surface area contributed by atoms with Crippen molar-refractivity contribution in [1.29, 1.82) is 0 Å². The Hall–Kier alpha value is -2.34. The Balaban J connectivity index is 2.32. The number of rotatable bonds is 3. The number of amides is 2. The van der Waals surface area contributed by atoms with Gasteiger partial charge in [0.2, 0.25) is 0 Å². The predicted octanol–water partition coefficient (Wildman–Crippen LogP) is 2.79. The number of para-hydroxylation sites is 1. The molecule has 0 unspecified atom stereocenters. The molecular weight excluding hydrogens is 271 g/mol. The van der Waals surface area contributed by atoms with Crippen LogP contribution in [-0.2, 0) is 0 Å². The van der Waals surface area contributed by atoms with E-state index in [2.05, 4.69) is 10.4 Å². The first-order valence-electron chi connectivity index (χ1n) is 5.31. The maximum absolute atomic E-state index is 13.6. The van der Waals surface area contributed by atoms with Crippen LogP contribution in [0.5, 0.6) is 0 Å². The number of carbonyl (C=O) groups excluding carboxylic acids is 1. The zero-order valence-corrected chi connectivity index (χ0v) is 10.4. The van der Waals surface area contributed by atoms with Gasteiger partial charge >= 0.3 is 6.03 Å². The average Bonchev–Trinajstić information content (AvgIpc) is 2.37. The predicted molar refractivity (Wildman–Crippen MR) is 71.3 cm³/mol. The number of urea groups is 1. The topological polar surface area (TPSA) is 71.2 Å². The van der Waals surface area contributed by atoms with Crippen LogP contribution in [0.4, 0.5) is 20.7 Å². The first kappa shape index (κ1) is 13.1. The van der Waals surface area contributed by atoms with Gasteiger partial charge in [-0.05, 0) is 24.3 Å². The zero-order valence-electron chi connectivity index (χ0n) is 9.68. The van der Waals surface area contributed by atoms with Crippen molar-refractivity contribution in [3.05, 3.63) is 53.4 Å². The number of carbonyl (C=O) groups is 1. The molecule has 0 aliphatic rings. The van der Waals surface area contributed by atoms with Crippen molar-refractivity contribution in [3.8, 4) is 0 Å². The lowest BCUT2D eigenvalue weighted by molar-refractivity contribution is 0.255. The van der Waals surface area contributed by atoms with Gasteiger partial charge in [-0.15, -0.1) is 0 Å². The third-order valence-corrected chi connectivity index (χ3v) is 2.47. The minimum Gasteiger partial charge on any atom is -0.350 e. The summed E-state index contributed by atoms with van der Waals surface area (Å²) in [5.74, 6) is -0.314. The summed E-state index contributed by atoms with van der Waals surface area (Å²) in [6.45, 7) is 0. The van der Waals surface area contributed by atoms with Gasteiger partial charge < -0.3 is 5.73 Å². The molecule has 0 atom stereocenters. The van der Waals surface area contributed by atoms with Crippen molar-refractivity contribution < 1.29 is 9.18 Å². The van der Waals surface area contributed by atoms with Gasteiger partial charge in [-0.25, -0.2) is 19.2 Å². The Morgan fingerprint density at radius 3 is 2.63 bits per heavy atom. The summed E-state index contributed by atoms with van der Waals surface area (Å²) in [5, 5.41) is 1.09. The lowest BCUT2D eigenvalue weighted by atomic mass is 10.3. The van der Waals surface area contributed by atoms with Gasteiger partial charge in [0.05, 0.1) is 0 Å². The number of nitrogens with two attached hydrogens (primary N) is 1. The molecule has 5 nitrogen and oxygen atoms in total. The number of benzene rings is 1. The number of halogens is 2. The third kappa shape index (κ3) is 3.11. The summed E-state index contributed by atoms with van der Waals surface area (Å²) in [7, 11) is 0. The molecule has 0 aliphatic carbocycles. The summed E-state index contributed by atoms with van der Waals surface area (Å²) >= 11 is 5.73.